The molecule has 0 fully saturated rings. The molecule has 0 unspecified atom stereocenters. The summed E-state index contributed by atoms with van der Waals surface area (Å²) in [6.07, 6.45) is 1.72. The van der Waals surface area contributed by atoms with Gasteiger partial charge in [0.25, 0.3) is 0 Å². The molecule has 1 aromatic heterocycles. The maximum Gasteiger partial charge on any atom is 0.230 e. The number of thioether (sulfide) groups is 1. The highest BCUT2D eigenvalue weighted by Gasteiger charge is 2.10. The molecule has 0 aromatic carbocycles. The van der Waals surface area contributed by atoms with E-state index in [0.29, 0.717) is 5.75 Å². The van der Waals surface area contributed by atoms with Crippen molar-refractivity contribution in [2.75, 3.05) is 5.75 Å². The molecule has 0 aliphatic carbocycles. The molecule has 0 aliphatic rings. The zero-order valence-electron chi connectivity index (χ0n) is 10.4. The summed E-state index contributed by atoms with van der Waals surface area (Å²) in [5.74, 6) is 0.390. The number of carbonyl (C=O) groups excluding carboxylic acids is 1. The highest BCUT2D eigenvalue weighted by atomic mass is 32.2. The molecule has 4 nitrogen and oxygen atoms in total. The minimum atomic E-state index is -0.0700. The van der Waals surface area contributed by atoms with Gasteiger partial charge in [0.05, 0.1) is 5.75 Å². The van der Waals surface area contributed by atoms with Gasteiger partial charge in [0.15, 0.2) is 0 Å². The predicted octanol–water partition coefficient (Wildman–Crippen LogP) is 1.72. The summed E-state index contributed by atoms with van der Waals surface area (Å²) in [6.45, 7) is 5.79. The molecule has 1 rings (SSSR count). The number of nitrogens with zero attached hydrogens (tertiary/aromatic N) is 1. The minimum absolute atomic E-state index is 0.0197. The van der Waals surface area contributed by atoms with E-state index in [9.17, 15) is 4.79 Å². The van der Waals surface area contributed by atoms with Crippen LogP contribution in [0.1, 0.15) is 32.4 Å². The van der Waals surface area contributed by atoms with E-state index in [1.165, 1.54) is 11.8 Å². The van der Waals surface area contributed by atoms with Crippen molar-refractivity contribution in [3.05, 3.63) is 23.9 Å². The van der Waals surface area contributed by atoms with Crippen molar-refractivity contribution in [3.63, 3.8) is 0 Å². The van der Waals surface area contributed by atoms with Crippen molar-refractivity contribution in [1.29, 1.82) is 0 Å². The topological polar surface area (TPSA) is 68.0 Å². The Morgan fingerprint density at radius 3 is 2.82 bits per heavy atom. The monoisotopic (exact) mass is 253 g/mol. The van der Waals surface area contributed by atoms with Gasteiger partial charge < -0.3 is 11.1 Å². The van der Waals surface area contributed by atoms with E-state index < -0.39 is 0 Å². The van der Waals surface area contributed by atoms with Gasteiger partial charge in [-0.05, 0) is 26.8 Å². The minimum Gasteiger partial charge on any atom is -0.353 e. The summed E-state index contributed by atoms with van der Waals surface area (Å²) in [7, 11) is 0. The maximum absolute atomic E-state index is 11.5. The number of aromatic nitrogens is 1. The van der Waals surface area contributed by atoms with Crippen LogP contribution in [-0.4, -0.2) is 22.7 Å². The summed E-state index contributed by atoms with van der Waals surface area (Å²) in [4.78, 5) is 15.8. The molecule has 0 radical (unpaired) electrons. The van der Waals surface area contributed by atoms with Crippen LogP contribution in [0.2, 0.25) is 0 Å². The van der Waals surface area contributed by atoms with Gasteiger partial charge >= 0.3 is 0 Å². The largest absolute Gasteiger partial charge is 0.353 e. The first-order valence-corrected chi connectivity index (χ1v) is 6.62. The summed E-state index contributed by atoms with van der Waals surface area (Å²) >= 11 is 1.42. The zero-order chi connectivity index (χ0) is 12.8. The van der Waals surface area contributed by atoms with Gasteiger partial charge in [-0.1, -0.05) is 17.8 Å². The van der Waals surface area contributed by atoms with E-state index in [2.05, 4.69) is 10.3 Å². The molecular formula is C12H19N3OS. The van der Waals surface area contributed by atoms with E-state index in [-0.39, 0.29) is 18.0 Å². The normalized spacial score (nSPS) is 12.5. The number of nitrogens with two attached hydrogens (primary N) is 1. The lowest BCUT2D eigenvalue weighted by Crippen LogP contribution is -2.31. The van der Waals surface area contributed by atoms with Crippen molar-refractivity contribution in [1.82, 2.24) is 10.3 Å². The first kappa shape index (κ1) is 14.0. The van der Waals surface area contributed by atoms with Gasteiger partial charge in [0.1, 0.15) is 5.03 Å². The molecule has 94 valence electrons. The van der Waals surface area contributed by atoms with Crippen molar-refractivity contribution in [2.45, 2.75) is 37.9 Å². The molecule has 1 atom stereocenters. The van der Waals surface area contributed by atoms with Gasteiger partial charge in [0.2, 0.25) is 5.91 Å². The molecule has 1 amide bonds. The van der Waals surface area contributed by atoms with Crippen LogP contribution < -0.4 is 11.1 Å². The Labute approximate surface area is 106 Å². The third-order valence-corrected chi connectivity index (χ3v) is 3.10. The summed E-state index contributed by atoms with van der Waals surface area (Å²) in [6, 6.07) is 3.90. The van der Waals surface area contributed by atoms with Crippen LogP contribution in [0.3, 0.4) is 0 Å². The highest BCUT2D eigenvalue weighted by Crippen LogP contribution is 2.23. The van der Waals surface area contributed by atoms with Crippen LogP contribution >= 0.6 is 11.8 Å². The van der Waals surface area contributed by atoms with Crippen molar-refractivity contribution in [3.8, 4) is 0 Å². The Morgan fingerprint density at radius 1 is 1.53 bits per heavy atom. The number of hydrogen-bond acceptors (Lipinski definition) is 4. The van der Waals surface area contributed by atoms with Crippen LogP contribution in [0.15, 0.2) is 23.4 Å². The molecule has 1 aromatic rings. The molecule has 1 heterocycles. The van der Waals surface area contributed by atoms with Gasteiger partial charge in [-0.2, -0.15) is 0 Å². The van der Waals surface area contributed by atoms with E-state index in [4.69, 9.17) is 5.73 Å². The number of rotatable bonds is 5. The molecular weight excluding hydrogens is 234 g/mol. The number of carbonyl (C=O) groups is 1. The first-order valence-electron chi connectivity index (χ1n) is 5.63. The third-order valence-electron chi connectivity index (χ3n) is 2.08. The van der Waals surface area contributed by atoms with Crippen LogP contribution in [0, 0.1) is 0 Å². The molecule has 0 saturated carbocycles. The summed E-state index contributed by atoms with van der Waals surface area (Å²) in [5, 5.41) is 3.68. The molecule has 0 saturated heterocycles. The van der Waals surface area contributed by atoms with E-state index in [1.54, 1.807) is 6.20 Å². The lowest BCUT2D eigenvalue weighted by Gasteiger charge is -2.11. The zero-order valence-corrected chi connectivity index (χ0v) is 11.3. The fraction of sp³-hybridized carbons (Fsp3) is 0.500. The molecule has 0 spiro atoms. The van der Waals surface area contributed by atoms with Crippen LogP contribution in [0.25, 0.3) is 0 Å². The van der Waals surface area contributed by atoms with Crippen LogP contribution in [0.4, 0.5) is 0 Å². The molecule has 3 N–H and O–H groups in total. The fourth-order valence-corrected chi connectivity index (χ4v) is 2.28. The van der Waals surface area contributed by atoms with Gasteiger partial charge in [-0.15, -0.1) is 0 Å². The van der Waals surface area contributed by atoms with Gasteiger partial charge in [-0.25, -0.2) is 4.98 Å². The average Bonchev–Trinajstić information content (AvgIpc) is 2.25. The molecule has 0 aliphatic heterocycles. The molecule has 0 bridgehead atoms. The smallest absolute Gasteiger partial charge is 0.230 e. The average molecular weight is 253 g/mol. The second kappa shape index (κ2) is 6.61. The number of amides is 1. The van der Waals surface area contributed by atoms with E-state index in [0.717, 1.165) is 10.6 Å². The number of pyridine rings is 1. The van der Waals surface area contributed by atoms with E-state index in [1.807, 2.05) is 32.9 Å². The fourth-order valence-electron chi connectivity index (χ4n) is 1.37. The van der Waals surface area contributed by atoms with Crippen LogP contribution in [-0.2, 0) is 4.79 Å². The number of nitrogens with one attached hydrogen (secondary N) is 1. The summed E-state index contributed by atoms with van der Waals surface area (Å²) in [5.41, 5.74) is 6.83. The third kappa shape index (κ3) is 4.75. The predicted molar refractivity (Wildman–Crippen MR) is 70.8 cm³/mol. The van der Waals surface area contributed by atoms with Crippen molar-refractivity contribution < 1.29 is 4.79 Å². The Kier molecular flexibility index (Phi) is 5.44. The van der Waals surface area contributed by atoms with E-state index >= 15 is 0 Å². The van der Waals surface area contributed by atoms with Gasteiger partial charge in [0, 0.05) is 23.8 Å². The standard InChI is InChI=1S/C12H19N3OS/c1-8(2)15-11(16)7-17-12-10(9(3)13)5-4-6-14-12/h4-6,8-9H,7,13H2,1-3H3,(H,15,16)/t9-/m1/s1. The van der Waals surface area contributed by atoms with Crippen molar-refractivity contribution >= 4 is 17.7 Å². The summed E-state index contributed by atoms with van der Waals surface area (Å²) < 4.78 is 0. The lowest BCUT2D eigenvalue weighted by molar-refractivity contribution is -0.119. The Hall–Kier alpha value is -1.07. The molecule has 17 heavy (non-hydrogen) atoms. The Bertz CT molecular complexity index is 380. The van der Waals surface area contributed by atoms with Gasteiger partial charge in [-0.3, -0.25) is 4.79 Å². The lowest BCUT2D eigenvalue weighted by atomic mass is 10.2. The Balaban J connectivity index is 2.60. The second-order valence-corrected chi connectivity index (χ2v) is 5.16. The van der Waals surface area contributed by atoms with Crippen LogP contribution in [0.5, 0.6) is 0 Å². The SMILES string of the molecule is CC(C)NC(=O)CSc1ncccc1[C@@H](C)N. The quantitative estimate of drug-likeness (QED) is 0.784. The highest BCUT2D eigenvalue weighted by molar-refractivity contribution is 7.99. The second-order valence-electron chi connectivity index (χ2n) is 4.20. The Morgan fingerprint density at radius 2 is 2.24 bits per heavy atom. The van der Waals surface area contributed by atoms with Crippen molar-refractivity contribution in [2.24, 2.45) is 5.73 Å². The first-order chi connectivity index (χ1) is 8.00. The molecule has 5 heteroatoms. The number of hydrogen-bond donors (Lipinski definition) is 2. The maximum atomic E-state index is 11.5.